The zero-order chi connectivity index (χ0) is 28.6. The van der Waals surface area contributed by atoms with Crippen LogP contribution in [0.4, 0.5) is 5.69 Å². The Morgan fingerprint density at radius 3 is 2.18 bits per heavy atom. The number of sulfonamides is 1. The molecule has 0 bridgehead atoms. The fourth-order valence-electron chi connectivity index (χ4n) is 4.20. The van der Waals surface area contributed by atoms with Crippen LogP contribution in [0.1, 0.15) is 24.5 Å². The molecule has 0 saturated heterocycles. The lowest BCUT2D eigenvalue weighted by atomic mass is 10.1. The zero-order valence-corrected chi connectivity index (χ0v) is 23.7. The molecule has 0 aliphatic carbocycles. The number of ether oxygens (including phenoxy) is 2. The van der Waals surface area contributed by atoms with Gasteiger partial charge in [0.1, 0.15) is 24.1 Å². The van der Waals surface area contributed by atoms with E-state index in [-0.39, 0.29) is 28.8 Å². The average molecular weight is 554 g/mol. The molecule has 1 unspecified atom stereocenters. The summed E-state index contributed by atoms with van der Waals surface area (Å²) in [6.45, 7) is 3.32. The van der Waals surface area contributed by atoms with Crippen molar-refractivity contribution in [2.45, 2.75) is 37.8 Å². The van der Waals surface area contributed by atoms with Gasteiger partial charge in [0.05, 0.1) is 24.8 Å². The molecule has 0 heterocycles. The summed E-state index contributed by atoms with van der Waals surface area (Å²) in [4.78, 5) is 28.3. The third-order valence-electron chi connectivity index (χ3n) is 6.37. The van der Waals surface area contributed by atoms with Gasteiger partial charge in [-0.05, 0) is 43.2 Å². The van der Waals surface area contributed by atoms with Crippen molar-refractivity contribution in [1.82, 2.24) is 10.2 Å². The Morgan fingerprint density at radius 2 is 1.62 bits per heavy atom. The van der Waals surface area contributed by atoms with Crippen LogP contribution in [-0.2, 0) is 26.2 Å². The van der Waals surface area contributed by atoms with Crippen molar-refractivity contribution >= 4 is 27.5 Å². The van der Waals surface area contributed by atoms with Crippen LogP contribution in [0.15, 0.2) is 77.7 Å². The van der Waals surface area contributed by atoms with E-state index in [1.807, 2.05) is 31.2 Å². The molecule has 0 spiro atoms. The number of carbonyl (C=O) groups excluding carboxylic acids is 2. The molecule has 0 radical (unpaired) electrons. The van der Waals surface area contributed by atoms with Crippen LogP contribution in [0.5, 0.6) is 11.5 Å². The first-order valence-corrected chi connectivity index (χ1v) is 14.0. The van der Waals surface area contributed by atoms with Crippen molar-refractivity contribution in [3.05, 3.63) is 83.9 Å². The maximum Gasteiger partial charge on any atom is 0.264 e. The number of hydrogen-bond acceptors (Lipinski definition) is 6. The van der Waals surface area contributed by atoms with Crippen LogP contribution in [0.3, 0.4) is 0 Å². The fraction of sp³-hybridized carbons (Fsp3) is 0.310. The van der Waals surface area contributed by atoms with Crippen molar-refractivity contribution in [1.29, 1.82) is 0 Å². The summed E-state index contributed by atoms with van der Waals surface area (Å²) in [6, 6.07) is 19.4. The van der Waals surface area contributed by atoms with Gasteiger partial charge in [-0.1, -0.05) is 55.0 Å². The first-order chi connectivity index (χ1) is 18.7. The number of methoxy groups -OCH3 is 2. The maximum atomic E-state index is 14.0. The number of rotatable bonds is 12. The number of hydrogen-bond donors (Lipinski definition) is 1. The van der Waals surface area contributed by atoms with Gasteiger partial charge in [-0.15, -0.1) is 0 Å². The highest BCUT2D eigenvalue weighted by molar-refractivity contribution is 7.92. The van der Waals surface area contributed by atoms with Gasteiger partial charge in [-0.2, -0.15) is 0 Å². The second kappa shape index (κ2) is 13.1. The number of amides is 2. The molecule has 39 heavy (non-hydrogen) atoms. The Kier molecular flexibility index (Phi) is 9.95. The normalized spacial score (nSPS) is 11.8. The molecule has 0 aliphatic rings. The molecule has 3 aromatic carbocycles. The average Bonchev–Trinajstić information content (AvgIpc) is 2.96. The number of carbonyl (C=O) groups is 2. The molecule has 0 fully saturated rings. The number of anilines is 1. The molecule has 0 aromatic heterocycles. The van der Waals surface area contributed by atoms with Crippen molar-refractivity contribution < 1.29 is 27.5 Å². The molecule has 2 amide bonds. The van der Waals surface area contributed by atoms with Gasteiger partial charge in [0.25, 0.3) is 10.0 Å². The molecule has 1 N–H and O–H groups in total. The summed E-state index contributed by atoms with van der Waals surface area (Å²) in [7, 11) is 0.163. The van der Waals surface area contributed by atoms with Gasteiger partial charge < -0.3 is 19.7 Å². The minimum Gasteiger partial charge on any atom is -0.497 e. The topological polar surface area (TPSA) is 105 Å². The summed E-state index contributed by atoms with van der Waals surface area (Å²) in [5.41, 5.74) is 2.00. The third-order valence-corrected chi connectivity index (χ3v) is 8.14. The van der Waals surface area contributed by atoms with Crippen molar-refractivity contribution in [3.63, 3.8) is 0 Å². The first kappa shape index (κ1) is 29.5. The van der Waals surface area contributed by atoms with Gasteiger partial charge >= 0.3 is 0 Å². The van der Waals surface area contributed by atoms with Crippen LogP contribution >= 0.6 is 0 Å². The Morgan fingerprint density at radius 1 is 0.949 bits per heavy atom. The standard InChI is InChI=1S/C29H35N3O6S/c1-6-25(29(34)30-3)31(19-22-14-12-21(2)13-15-22)28(33)20-32(39(35,36)24-10-8-7-9-11-24)26-18-23(37-4)16-17-27(26)38-5/h7-18,25H,6,19-20H2,1-5H3,(H,30,34). The molecule has 0 aliphatic heterocycles. The van der Waals surface area contributed by atoms with Crippen molar-refractivity contribution in [2.24, 2.45) is 0 Å². The summed E-state index contributed by atoms with van der Waals surface area (Å²) in [6.07, 6.45) is 0.338. The van der Waals surface area contributed by atoms with E-state index in [0.29, 0.717) is 12.2 Å². The molecule has 10 heteroatoms. The van der Waals surface area contributed by atoms with Gasteiger partial charge in [-0.3, -0.25) is 13.9 Å². The summed E-state index contributed by atoms with van der Waals surface area (Å²) in [5.74, 6) is -0.254. The lowest BCUT2D eigenvalue weighted by molar-refractivity contribution is -0.140. The van der Waals surface area contributed by atoms with Crippen LogP contribution in [0.25, 0.3) is 0 Å². The van der Waals surface area contributed by atoms with E-state index in [2.05, 4.69) is 5.32 Å². The van der Waals surface area contributed by atoms with E-state index in [0.717, 1.165) is 15.4 Å². The van der Waals surface area contributed by atoms with E-state index in [1.54, 1.807) is 37.3 Å². The number of nitrogens with one attached hydrogen (secondary N) is 1. The van der Waals surface area contributed by atoms with Gasteiger partial charge in [0.2, 0.25) is 11.8 Å². The summed E-state index contributed by atoms with van der Waals surface area (Å²) < 4.78 is 39.8. The zero-order valence-electron chi connectivity index (χ0n) is 22.9. The maximum absolute atomic E-state index is 14.0. The highest BCUT2D eigenvalue weighted by atomic mass is 32.2. The molecule has 9 nitrogen and oxygen atoms in total. The Hall–Kier alpha value is -4.05. The van der Waals surface area contributed by atoms with Gasteiger partial charge in [-0.25, -0.2) is 8.42 Å². The van der Waals surface area contributed by atoms with Crippen LogP contribution in [0, 0.1) is 6.92 Å². The van der Waals surface area contributed by atoms with Crippen LogP contribution in [0.2, 0.25) is 0 Å². The molecule has 3 aromatic rings. The van der Waals surface area contributed by atoms with Crippen LogP contribution in [-0.4, -0.2) is 59.0 Å². The lowest BCUT2D eigenvalue weighted by Crippen LogP contribution is -2.51. The van der Waals surface area contributed by atoms with Gasteiger partial charge in [0.15, 0.2) is 0 Å². The predicted molar refractivity (Wildman–Crippen MR) is 150 cm³/mol. The lowest BCUT2D eigenvalue weighted by Gasteiger charge is -2.33. The smallest absolute Gasteiger partial charge is 0.264 e. The predicted octanol–water partition coefficient (Wildman–Crippen LogP) is 3.76. The molecule has 1 atom stereocenters. The number of aryl methyl sites for hydroxylation is 1. The number of benzene rings is 3. The summed E-state index contributed by atoms with van der Waals surface area (Å²) >= 11 is 0. The third kappa shape index (κ3) is 6.88. The number of nitrogens with zero attached hydrogens (tertiary/aromatic N) is 2. The minimum atomic E-state index is -4.23. The highest BCUT2D eigenvalue weighted by Gasteiger charge is 2.34. The molecule has 0 saturated carbocycles. The van der Waals surface area contributed by atoms with Crippen molar-refractivity contribution in [2.75, 3.05) is 32.1 Å². The Balaban J connectivity index is 2.13. The van der Waals surface area contributed by atoms with E-state index >= 15 is 0 Å². The highest BCUT2D eigenvalue weighted by Crippen LogP contribution is 2.36. The second-order valence-corrected chi connectivity index (χ2v) is 10.8. The van der Waals surface area contributed by atoms with Gasteiger partial charge in [0, 0.05) is 19.7 Å². The SMILES string of the molecule is CCC(C(=O)NC)N(Cc1ccc(C)cc1)C(=O)CN(c1cc(OC)ccc1OC)S(=O)(=O)c1ccccc1. The minimum absolute atomic E-state index is 0.00565. The molecular weight excluding hydrogens is 518 g/mol. The largest absolute Gasteiger partial charge is 0.497 e. The molecular formula is C29H35N3O6S. The first-order valence-electron chi connectivity index (χ1n) is 12.5. The summed E-state index contributed by atoms with van der Waals surface area (Å²) in [5, 5.41) is 2.62. The quantitative estimate of drug-likeness (QED) is 0.366. The molecule has 3 rings (SSSR count). The van der Waals surface area contributed by atoms with E-state index in [1.165, 1.54) is 44.4 Å². The Bertz CT molecular complexity index is 1380. The Labute approximate surface area is 230 Å². The van der Waals surface area contributed by atoms with E-state index in [4.69, 9.17) is 9.47 Å². The van der Waals surface area contributed by atoms with Crippen LogP contribution < -0.4 is 19.1 Å². The molecule has 208 valence electrons. The van der Waals surface area contributed by atoms with E-state index in [9.17, 15) is 18.0 Å². The second-order valence-electron chi connectivity index (χ2n) is 8.91. The van der Waals surface area contributed by atoms with Crippen molar-refractivity contribution in [3.8, 4) is 11.5 Å². The van der Waals surface area contributed by atoms with E-state index < -0.39 is 28.5 Å². The monoisotopic (exact) mass is 553 g/mol. The number of likely N-dealkylation sites (N-methyl/N-ethyl adjacent to an activating group) is 1. The fourth-order valence-corrected chi connectivity index (χ4v) is 5.64.